The molecule has 20 heavy (non-hydrogen) atoms. The van der Waals surface area contributed by atoms with Crippen molar-refractivity contribution >= 4 is 11.4 Å². The van der Waals surface area contributed by atoms with Gasteiger partial charge in [-0.05, 0) is 0 Å². The molecule has 1 aromatic rings. The summed E-state index contributed by atoms with van der Waals surface area (Å²) in [6.45, 7) is 0.245. The Kier molecular flexibility index (Phi) is 3.96. The highest BCUT2D eigenvalue weighted by molar-refractivity contribution is 5.70. The molecule has 0 saturated carbocycles. The maximum atomic E-state index is 11.2. The van der Waals surface area contributed by atoms with Gasteiger partial charge in [0.15, 0.2) is 11.5 Å². The molecule has 2 unspecified atom stereocenters. The third kappa shape index (κ3) is 2.47. The Morgan fingerprint density at radius 3 is 2.15 bits per heavy atom. The normalized spacial score (nSPS) is 21.9. The van der Waals surface area contributed by atoms with Gasteiger partial charge in [0.2, 0.25) is 0 Å². The second-order valence-corrected chi connectivity index (χ2v) is 4.49. The zero-order valence-corrected chi connectivity index (χ0v) is 11.1. The minimum atomic E-state index is -0.928. The number of nitro groups is 1. The Morgan fingerprint density at radius 2 is 1.70 bits per heavy atom. The van der Waals surface area contributed by atoms with Crippen LogP contribution in [0.5, 0.6) is 11.5 Å². The maximum absolute atomic E-state index is 11.2. The molecule has 1 fully saturated rings. The molecule has 1 heterocycles. The highest BCUT2D eigenvalue weighted by atomic mass is 16.6. The average Bonchev–Trinajstić information content (AvgIpc) is 2.76. The Balaban J connectivity index is 2.48. The number of hydrogen-bond acceptors (Lipinski definition) is 7. The lowest BCUT2D eigenvalue weighted by atomic mass is 10.2. The van der Waals surface area contributed by atoms with Gasteiger partial charge in [-0.25, -0.2) is 0 Å². The van der Waals surface area contributed by atoms with Gasteiger partial charge in [0, 0.05) is 19.2 Å². The third-order valence-electron chi connectivity index (χ3n) is 3.28. The van der Waals surface area contributed by atoms with Gasteiger partial charge in [0.25, 0.3) is 5.69 Å². The van der Waals surface area contributed by atoms with Gasteiger partial charge in [0.1, 0.15) is 5.69 Å². The molecular formula is C12H16N2O6. The van der Waals surface area contributed by atoms with Crippen molar-refractivity contribution in [3.63, 3.8) is 0 Å². The van der Waals surface area contributed by atoms with Gasteiger partial charge in [0.05, 0.1) is 37.4 Å². The number of nitro benzene ring substituents is 1. The molecule has 8 heteroatoms. The molecule has 0 bridgehead atoms. The number of methoxy groups -OCH3 is 2. The zero-order valence-electron chi connectivity index (χ0n) is 11.1. The van der Waals surface area contributed by atoms with E-state index in [4.69, 9.17) is 9.47 Å². The first-order chi connectivity index (χ1) is 9.47. The molecule has 2 rings (SSSR count). The van der Waals surface area contributed by atoms with Crippen LogP contribution in [0.15, 0.2) is 12.1 Å². The summed E-state index contributed by atoms with van der Waals surface area (Å²) in [7, 11) is 2.83. The number of aliphatic hydroxyl groups excluding tert-OH is 2. The predicted molar refractivity (Wildman–Crippen MR) is 70.4 cm³/mol. The lowest BCUT2D eigenvalue weighted by molar-refractivity contribution is -0.384. The van der Waals surface area contributed by atoms with Crippen molar-refractivity contribution in [2.75, 3.05) is 32.2 Å². The van der Waals surface area contributed by atoms with E-state index in [2.05, 4.69) is 0 Å². The molecule has 0 amide bonds. The summed E-state index contributed by atoms with van der Waals surface area (Å²) in [5, 5.41) is 30.3. The fourth-order valence-electron chi connectivity index (χ4n) is 2.22. The number of ether oxygens (including phenoxy) is 2. The van der Waals surface area contributed by atoms with E-state index in [1.807, 2.05) is 0 Å². The van der Waals surface area contributed by atoms with E-state index in [0.717, 1.165) is 0 Å². The molecule has 0 spiro atoms. The Labute approximate surface area is 115 Å². The molecule has 1 aliphatic heterocycles. The standard InChI is InChI=1S/C12H16N2O6/c1-19-11-3-7(13-5-9(15)10(16)6-13)8(14(17)18)4-12(11)20-2/h3-4,9-10,15-16H,5-6H2,1-2H3. The highest BCUT2D eigenvalue weighted by Crippen LogP contribution is 2.40. The van der Waals surface area contributed by atoms with Gasteiger partial charge in [-0.3, -0.25) is 10.1 Å². The second-order valence-electron chi connectivity index (χ2n) is 4.49. The Bertz CT molecular complexity index is 511. The Hall–Kier alpha value is -2.06. The lowest BCUT2D eigenvalue weighted by Gasteiger charge is -2.19. The van der Waals surface area contributed by atoms with Crippen molar-refractivity contribution in [2.24, 2.45) is 0 Å². The molecular weight excluding hydrogens is 268 g/mol. The zero-order chi connectivity index (χ0) is 14.9. The van der Waals surface area contributed by atoms with Crippen LogP contribution in [-0.4, -0.2) is 54.7 Å². The van der Waals surface area contributed by atoms with Crippen molar-refractivity contribution in [1.29, 1.82) is 0 Å². The van der Waals surface area contributed by atoms with Crippen LogP contribution in [0.25, 0.3) is 0 Å². The van der Waals surface area contributed by atoms with Crippen molar-refractivity contribution in [3.05, 3.63) is 22.2 Å². The summed E-state index contributed by atoms with van der Waals surface area (Å²) in [6, 6.07) is 2.74. The number of rotatable bonds is 4. The molecule has 0 aliphatic carbocycles. The maximum Gasteiger partial charge on any atom is 0.296 e. The summed E-state index contributed by atoms with van der Waals surface area (Å²) in [5.41, 5.74) is 0.118. The van der Waals surface area contributed by atoms with Crippen molar-refractivity contribution in [3.8, 4) is 11.5 Å². The quantitative estimate of drug-likeness (QED) is 0.599. The molecule has 1 saturated heterocycles. The molecule has 110 valence electrons. The van der Waals surface area contributed by atoms with E-state index < -0.39 is 17.1 Å². The first kappa shape index (κ1) is 14.4. The van der Waals surface area contributed by atoms with Crippen molar-refractivity contribution in [2.45, 2.75) is 12.2 Å². The minimum absolute atomic E-state index is 0.123. The molecule has 1 aromatic carbocycles. The number of benzene rings is 1. The molecule has 0 aromatic heterocycles. The number of aliphatic hydroxyl groups is 2. The van der Waals surface area contributed by atoms with Crippen LogP contribution in [0.1, 0.15) is 0 Å². The summed E-state index contributed by atoms with van der Waals surface area (Å²) < 4.78 is 10.2. The van der Waals surface area contributed by atoms with E-state index in [0.29, 0.717) is 5.75 Å². The molecule has 0 radical (unpaired) electrons. The third-order valence-corrected chi connectivity index (χ3v) is 3.28. The first-order valence-corrected chi connectivity index (χ1v) is 5.99. The van der Waals surface area contributed by atoms with Crippen LogP contribution >= 0.6 is 0 Å². The average molecular weight is 284 g/mol. The number of hydrogen-bond donors (Lipinski definition) is 2. The van der Waals surface area contributed by atoms with Gasteiger partial charge in [-0.2, -0.15) is 0 Å². The fraction of sp³-hybridized carbons (Fsp3) is 0.500. The van der Waals surface area contributed by atoms with E-state index in [1.165, 1.54) is 26.4 Å². The fourth-order valence-corrected chi connectivity index (χ4v) is 2.22. The number of nitrogens with zero attached hydrogens (tertiary/aromatic N) is 2. The summed E-state index contributed by atoms with van der Waals surface area (Å²) in [6.07, 6.45) is -1.86. The largest absolute Gasteiger partial charge is 0.493 e. The van der Waals surface area contributed by atoms with Gasteiger partial charge in [-0.15, -0.1) is 0 Å². The van der Waals surface area contributed by atoms with E-state index >= 15 is 0 Å². The summed E-state index contributed by atoms with van der Waals surface area (Å²) in [4.78, 5) is 12.2. The van der Waals surface area contributed by atoms with Crippen LogP contribution in [-0.2, 0) is 0 Å². The van der Waals surface area contributed by atoms with Crippen LogP contribution in [0.4, 0.5) is 11.4 Å². The van der Waals surface area contributed by atoms with Crippen LogP contribution in [0.2, 0.25) is 0 Å². The molecule has 8 nitrogen and oxygen atoms in total. The van der Waals surface area contributed by atoms with Crippen molar-refractivity contribution in [1.82, 2.24) is 0 Å². The number of anilines is 1. The smallest absolute Gasteiger partial charge is 0.296 e. The monoisotopic (exact) mass is 284 g/mol. The predicted octanol–water partition coefficient (Wildman–Crippen LogP) is 0.154. The van der Waals surface area contributed by atoms with Gasteiger partial charge >= 0.3 is 0 Å². The van der Waals surface area contributed by atoms with E-state index in [1.54, 1.807) is 4.90 Å². The minimum Gasteiger partial charge on any atom is -0.493 e. The summed E-state index contributed by atoms with van der Waals surface area (Å²) >= 11 is 0. The van der Waals surface area contributed by atoms with Crippen LogP contribution in [0.3, 0.4) is 0 Å². The van der Waals surface area contributed by atoms with Crippen LogP contribution < -0.4 is 14.4 Å². The second kappa shape index (κ2) is 5.51. The molecule has 2 atom stereocenters. The summed E-state index contributed by atoms with van der Waals surface area (Å²) in [5.74, 6) is 0.604. The highest BCUT2D eigenvalue weighted by Gasteiger charge is 2.34. The molecule has 2 N–H and O–H groups in total. The molecule has 1 aliphatic rings. The number of β-amino-alcohol motifs (C(OH)–C–C–N with tert-alkyl or cyclic N) is 2. The topological polar surface area (TPSA) is 105 Å². The van der Waals surface area contributed by atoms with Gasteiger partial charge in [-0.1, -0.05) is 0 Å². The first-order valence-electron chi connectivity index (χ1n) is 5.99. The van der Waals surface area contributed by atoms with E-state index in [9.17, 15) is 20.3 Å². The van der Waals surface area contributed by atoms with Crippen LogP contribution in [0, 0.1) is 10.1 Å². The van der Waals surface area contributed by atoms with E-state index in [-0.39, 0.29) is 30.2 Å². The SMILES string of the molecule is COc1cc(N2CC(O)C(O)C2)c([N+](=O)[O-])cc1OC. The van der Waals surface area contributed by atoms with Crippen molar-refractivity contribution < 1.29 is 24.6 Å². The van der Waals surface area contributed by atoms with Gasteiger partial charge < -0.3 is 24.6 Å². The lowest BCUT2D eigenvalue weighted by Crippen LogP contribution is -2.22. The Morgan fingerprint density at radius 1 is 1.20 bits per heavy atom.